The van der Waals surface area contributed by atoms with Crippen molar-refractivity contribution in [3.8, 4) is 0 Å². The second kappa shape index (κ2) is 9.52. The first-order chi connectivity index (χ1) is 13.0. The summed E-state index contributed by atoms with van der Waals surface area (Å²) in [6, 6.07) is 7.40. The number of nitrogens with one attached hydrogen (secondary N) is 2. The summed E-state index contributed by atoms with van der Waals surface area (Å²) in [7, 11) is 0. The van der Waals surface area contributed by atoms with E-state index in [2.05, 4.69) is 43.0 Å². The Balaban J connectivity index is 1.58. The van der Waals surface area contributed by atoms with Gasteiger partial charge in [0.2, 0.25) is 5.91 Å². The average molecular weight is 451 g/mol. The van der Waals surface area contributed by atoms with Crippen LogP contribution in [0.15, 0.2) is 38.7 Å². The van der Waals surface area contributed by atoms with Gasteiger partial charge in [0.15, 0.2) is 5.16 Å². The number of aromatic amines is 1. The minimum atomic E-state index is -0.131. The number of thioether (sulfide) groups is 1. The highest BCUT2D eigenvalue weighted by Gasteiger charge is 2.21. The van der Waals surface area contributed by atoms with Crippen LogP contribution in [-0.4, -0.2) is 39.6 Å². The third-order valence-corrected chi connectivity index (χ3v) is 5.82. The molecule has 1 amide bonds. The maximum absolute atomic E-state index is 12.4. The van der Waals surface area contributed by atoms with Crippen LogP contribution in [0.2, 0.25) is 0 Å². The molecule has 2 N–H and O–H groups in total. The Kier molecular flexibility index (Phi) is 7.09. The minimum absolute atomic E-state index is 0.0861. The first-order valence-corrected chi connectivity index (χ1v) is 10.9. The van der Waals surface area contributed by atoms with Crippen LogP contribution in [0.3, 0.4) is 0 Å². The molecule has 0 bridgehead atoms. The van der Waals surface area contributed by atoms with Crippen LogP contribution in [0.25, 0.3) is 0 Å². The van der Waals surface area contributed by atoms with E-state index in [-0.39, 0.29) is 17.2 Å². The molecule has 0 atom stereocenters. The lowest BCUT2D eigenvalue weighted by Crippen LogP contribution is -2.36. The Morgan fingerprint density at radius 3 is 2.89 bits per heavy atom. The van der Waals surface area contributed by atoms with Crippen molar-refractivity contribution in [3.05, 3.63) is 50.3 Å². The number of rotatable bonds is 7. The molecule has 0 spiro atoms. The lowest BCUT2D eigenvalue weighted by atomic mass is 10.1. The molecule has 6 nitrogen and oxygen atoms in total. The fourth-order valence-corrected chi connectivity index (χ4v) is 3.91. The van der Waals surface area contributed by atoms with E-state index in [0.717, 1.165) is 53.8 Å². The van der Waals surface area contributed by atoms with Crippen molar-refractivity contribution >= 4 is 39.3 Å². The van der Waals surface area contributed by atoms with E-state index >= 15 is 0 Å². The van der Waals surface area contributed by atoms with Gasteiger partial charge in [-0.1, -0.05) is 41.0 Å². The average Bonchev–Trinajstić information content (AvgIpc) is 2.67. The molecule has 1 aliphatic heterocycles. The number of unbranched alkanes of at least 4 members (excludes halogenated alkanes) is 1. The zero-order valence-electron chi connectivity index (χ0n) is 15.3. The largest absolute Gasteiger partial charge is 0.325 e. The van der Waals surface area contributed by atoms with Crippen LogP contribution in [0.4, 0.5) is 5.69 Å². The lowest BCUT2D eigenvalue weighted by Gasteiger charge is -2.27. The van der Waals surface area contributed by atoms with Gasteiger partial charge in [-0.2, -0.15) is 0 Å². The van der Waals surface area contributed by atoms with Crippen LogP contribution in [-0.2, 0) is 17.8 Å². The van der Waals surface area contributed by atoms with Gasteiger partial charge in [0.1, 0.15) is 0 Å². The van der Waals surface area contributed by atoms with Crippen molar-refractivity contribution in [2.45, 2.75) is 37.9 Å². The number of nitrogens with zero attached hydrogens (tertiary/aromatic N) is 2. The molecular weight excluding hydrogens is 428 g/mol. The normalized spacial score (nSPS) is 14.0. The van der Waals surface area contributed by atoms with Crippen molar-refractivity contribution in [2.75, 3.05) is 24.2 Å². The molecule has 0 aliphatic carbocycles. The van der Waals surface area contributed by atoms with Crippen molar-refractivity contribution in [3.63, 3.8) is 0 Å². The summed E-state index contributed by atoms with van der Waals surface area (Å²) in [6.45, 7) is 4.77. The monoisotopic (exact) mass is 450 g/mol. The molecule has 2 heterocycles. The smallest absolute Gasteiger partial charge is 0.256 e. The quantitative estimate of drug-likeness (QED) is 0.498. The van der Waals surface area contributed by atoms with Crippen molar-refractivity contribution in [1.29, 1.82) is 0 Å². The number of H-pyrrole nitrogens is 1. The molecule has 0 radical (unpaired) electrons. The number of aromatic nitrogens is 2. The van der Waals surface area contributed by atoms with Crippen LogP contribution in [0.1, 0.15) is 31.0 Å². The second-order valence-corrected chi connectivity index (χ2v) is 8.40. The summed E-state index contributed by atoms with van der Waals surface area (Å²) >= 11 is 4.61. The third kappa shape index (κ3) is 5.67. The molecule has 0 saturated heterocycles. The Hall–Kier alpha value is -1.64. The molecule has 27 heavy (non-hydrogen) atoms. The number of carbonyl (C=O) groups excluding carboxylic acids is 1. The molecule has 1 aliphatic rings. The number of fused-ring (bicyclic) bond motifs is 1. The summed E-state index contributed by atoms with van der Waals surface area (Å²) in [6.07, 6.45) is 3.07. The molecule has 144 valence electrons. The summed E-state index contributed by atoms with van der Waals surface area (Å²) in [4.78, 5) is 34.3. The van der Waals surface area contributed by atoms with E-state index in [1.54, 1.807) is 0 Å². The van der Waals surface area contributed by atoms with Gasteiger partial charge in [0.25, 0.3) is 5.56 Å². The van der Waals surface area contributed by atoms with Gasteiger partial charge < -0.3 is 10.3 Å². The topological polar surface area (TPSA) is 78.1 Å². The molecule has 0 fully saturated rings. The maximum Gasteiger partial charge on any atom is 0.256 e. The number of hydrogen-bond donors (Lipinski definition) is 2. The molecule has 0 unspecified atom stereocenters. The van der Waals surface area contributed by atoms with E-state index in [9.17, 15) is 9.59 Å². The number of halogens is 1. The van der Waals surface area contributed by atoms with E-state index < -0.39 is 0 Å². The molecule has 8 heteroatoms. The van der Waals surface area contributed by atoms with Crippen molar-refractivity contribution in [2.24, 2.45) is 0 Å². The van der Waals surface area contributed by atoms with Gasteiger partial charge >= 0.3 is 0 Å². The first-order valence-electron chi connectivity index (χ1n) is 9.08. The van der Waals surface area contributed by atoms with E-state index in [4.69, 9.17) is 0 Å². The lowest BCUT2D eigenvalue weighted by molar-refractivity contribution is -0.113. The molecule has 2 aromatic rings. The van der Waals surface area contributed by atoms with Crippen LogP contribution in [0.5, 0.6) is 0 Å². The Labute approximate surface area is 171 Å². The van der Waals surface area contributed by atoms with Gasteiger partial charge in [-0.15, -0.1) is 0 Å². The number of anilines is 1. The van der Waals surface area contributed by atoms with Crippen LogP contribution in [0, 0.1) is 0 Å². The predicted molar refractivity (Wildman–Crippen MR) is 112 cm³/mol. The Morgan fingerprint density at radius 1 is 1.37 bits per heavy atom. The highest BCUT2D eigenvalue weighted by Crippen LogP contribution is 2.19. The molecule has 1 aromatic carbocycles. The highest BCUT2D eigenvalue weighted by molar-refractivity contribution is 9.10. The van der Waals surface area contributed by atoms with Crippen molar-refractivity contribution in [1.82, 2.24) is 14.9 Å². The summed E-state index contributed by atoms with van der Waals surface area (Å²) in [5.74, 6) is 0.0638. The van der Waals surface area contributed by atoms with E-state index in [0.29, 0.717) is 11.7 Å². The van der Waals surface area contributed by atoms with E-state index in [1.807, 2.05) is 24.3 Å². The summed E-state index contributed by atoms with van der Waals surface area (Å²) in [5, 5.41) is 3.34. The zero-order chi connectivity index (χ0) is 19.2. The Bertz CT molecular complexity index is 854. The van der Waals surface area contributed by atoms with Crippen molar-refractivity contribution < 1.29 is 4.79 Å². The molecule has 1 aromatic heterocycles. The fourth-order valence-electron chi connectivity index (χ4n) is 2.96. The number of benzene rings is 1. The molecule has 0 saturated carbocycles. The summed E-state index contributed by atoms with van der Waals surface area (Å²) < 4.78 is 0.957. The maximum atomic E-state index is 12.4. The fraction of sp³-hybridized carbons (Fsp3) is 0.421. The third-order valence-electron chi connectivity index (χ3n) is 4.42. The van der Waals surface area contributed by atoms with Gasteiger partial charge in [-0.3, -0.25) is 14.5 Å². The number of amides is 1. The number of hydrogen-bond acceptors (Lipinski definition) is 5. The van der Waals surface area contributed by atoms with Gasteiger partial charge in [0.05, 0.1) is 17.0 Å². The SMILES string of the molecule is CCCCN1CCc2nc(SCC(=O)Nc3ccc(Br)cc3)[nH]c(=O)c2C1. The standard InChI is InChI=1S/C19H23BrN4O2S/c1-2-3-9-24-10-8-16-15(11-24)18(26)23-19(22-16)27-12-17(25)21-14-6-4-13(20)5-7-14/h4-7H,2-3,8-12H2,1H3,(H,21,25)(H,22,23,26). The molecular formula is C19H23BrN4O2S. The highest BCUT2D eigenvalue weighted by atomic mass is 79.9. The number of carbonyl (C=O) groups is 1. The van der Waals surface area contributed by atoms with E-state index in [1.165, 1.54) is 11.8 Å². The van der Waals surface area contributed by atoms with Crippen LogP contribution >= 0.6 is 27.7 Å². The van der Waals surface area contributed by atoms with Crippen LogP contribution < -0.4 is 10.9 Å². The van der Waals surface area contributed by atoms with Gasteiger partial charge in [-0.25, -0.2) is 4.98 Å². The first kappa shape index (κ1) is 20.1. The van der Waals surface area contributed by atoms with Gasteiger partial charge in [0, 0.05) is 29.7 Å². The zero-order valence-corrected chi connectivity index (χ0v) is 17.7. The predicted octanol–water partition coefficient (Wildman–Crippen LogP) is 3.42. The van der Waals surface area contributed by atoms with Gasteiger partial charge in [-0.05, 0) is 37.2 Å². The second-order valence-electron chi connectivity index (χ2n) is 6.52. The molecule has 3 rings (SSSR count). The Morgan fingerprint density at radius 2 is 2.15 bits per heavy atom. The summed E-state index contributed by atoms with van der Waals surface area (Å²) in [5.41, 5.74) is 2.28. The minimum Gasteiger partial charge on any atom is -0.325 e.